The van der Waals surface area contributed by atoms with Gasteiger partial charge in [-0.05, 0) is 11.6 Å². The fraction of sp³-hybridized carbons (Fsp3) is 0.158. The number of nitrogens with one attached hydrogen (secondary N) is 2. The maximum Gasteiger partial charge on any atom is 0.328 e. The highest BCUT2D eigenvalue weighted by Crippen LogP contribution is 2.12. The van der Waals surface area contributed by atoms with E-state index in [1.54, 1.807) is 24.3 Å². The normalized spacial score (nSPS) is 11.9. The number of ether oxygens (including phenoxy) is 1. The maximum atomic E-state index is 12.5. The molecule has 0 spiro atoms. The smallest absolute Gasteiger partial charge is 0.328 e. The lowest BCUT2D eigenvalue weighted by atomic mass is 10.1. The molecule has 138 valence electrons. The monoisotopic (exact) mass is 367 g/mol. The second-order valence-electron chi connectivity index (χ2n) is 5.81. The molecule has 3 rings (SSSR count). The summed E-state index contributed by atoms with van der Waals surface area (Å²) in [6.45, 7) is 0.0115. The van der Waals surface area contributed by atoms with Crippen LogP contribution in [-0.4, -0.2) is 39.8 Å². The van der Waals surface area contributed by atoms with Gasteiger partial charge in [-0.1, -0.05) is 48.5 Å². The number of carbonyl (C=O) groups excluding carboxylic acids is 1. The van der Waals surface area contributed by atoms with Gasteiger partial charge in [0.1, 0.15) is 0 Å². The number of nitrogens with zero attached hydrogens (tertiary/aromatic N) is 1. The summed E-state index contributed by atoms with van der Waals surface area (Å²) >= 11 is 0. The fourth-order valence-corrected chi connectivity index (χ4v) is 2.56. The van der Waals surface area contributed by atoms with E-state index in [-0.39, 0.29) is 18.9 Å². The number of carbonyl (C=O) groups is 2. The van der Waals surface area contributed by atoms with E-state index in [0.29, 0.717) is 10.8 Å². The van der Waals surface area contributed by atoms with E-state index in [2.05, 4.69) is 15.5 Å². The van der Waals surface area contributed by atoms with Gasteiger partial charge in [0.15, 0.2) is 11.7 Å². The summed E-state index contributed by atoms with van der Waals surface area (Å²) in [6.07, 6.45) is 0. The third kappa shape index (κ3) is 4.36. The summed E-state index contributed by atoms with van der Waals surface area (Å²) in [5, 5.41) is 18.4. The van der Waals surface area contributed by atoms with Crippen LogP contribution in [0.1, 0.15) is 16.1 Å². The second kappa shape index (κ2) is 8.24. The van der Waals surface area contributed by atoms with Crippen molar-refractivity contribution in [3.05, 3.63) is 76.2 Å². The number of benzene rings is 2. The number of rotatable bonds is 7. The number of aromatic nitrogens is 2. The minimum atomic E-state index is -1.26. The maximum absolute atomic E-state index is 12.5. The Bertz CT molecular complexity index is 1020. The van der Waals surface area contributed by atoms with Crippen LogP contribution in [0.25, 0.3) is 10.8 Å². The van der Waals surface area contributed by atoms with Crippen LogP contribution in [-0.2, 0) is 16.1 Å². The van der Waals surface area contributed by atoms with Crippen molar-refractivity contribution in [2.24, 2.45) is 0 Å². The minimum Gasteiger partial charge on any atom is -0.480 e. The van der Waals surface area contributed by atoms with Gasteiger partial charge in [0.25, 0.3) is 11.5 Å². The Morgan fingerprint density at radius 2 is 1.74 bits per heavy atom. The molecule has 1 aromatic heterocycles. The van der Waals surface area contributed by atoms with Gasteiger partial charge < -0.3 is 15.2 Å². The molecule has 0 saturated heterocycles. The topological polar surface area (TPSA) is 121 Å². The first-order valence-electron chi connectivity index (χ1n) is 8.19. The van der Waals surface area contributed by atoms with Gasteiger partial charge in [-0.2, -0.15) is 5.10 Å². The Morgan fingerprint density at radius 3 is 2.44 bits per heavy atom. The largest absolute Gasteiger partial charge is 0.480 e. The highest BCUT2D eigenvalue weighted by atomic mass is 16.5. The summed E-state index contributed by atoms with van der Waals surface area (Å²) in [6, 6.07) is 14.5. The molecule has 0 bridgehead atoms. The number of H-pyrrole nitrogens is 1. The number of hydrogen-bond acceptors (Lipinski definition) is 5. The summed E-state index contributed by atoms with van der Waals surface area (Å²) in [7, 11) is 0. The lowest BCUT2D eigenvalue weighted by molar-refractivity contribution is -0.141. The third-order valence-electron chi connectivity index (χ3n) is 3.91. The van der Waals surface area contributed by atoms with E-state index in [1.807, 2.05) is 30.3 Å². The zero-order valence-electron chi connectivity index (χ0n) is 14.2. The van der Waals surface area contributed by atoms with Gasteiger partial charge in [0.05, 0.1) is 18.6 Å². The van der Waals surface area contributed by atoms with Gasteiger partial charge >= 0.3 is 5.97 Å². The van der Waals surface area contributed by atoms with Gasteiger partial charge in [0.2, 0.25) is 0 Å². The minimum absolute atomic E-state index is 0.0560. The van der Waals surface area contributed by atoms with Crippen molar-refractivity contribution in [2.75, 3.05) is 6.61 Å². The predicted octanol–water partition coefficient (Wildman–Crippen LogP) is 1.32. The van der Waals surface area contributed by atoms with E-state index in [1.165, 1.54) is 0 Å². The molecule has 0 aliphatic carbocycles. The van der Waals surface area contributed by atoms with Crippen molar-refractivity contribution >= 4 is 22.6 Å². The van der Waals surface area contributed by atoms with E-state index in [4.69, 9.17) is 4.74 Å². The molecule has 0 saturated carbocycles. The zero-order chi connectivity index (χ0) is 19.2. The van der Waals surface area contributed by atoms with Crippen LogP contribution >= 0.6 is 0 Å². The zero-order valence-corrected chi connectivity index (χ0v) is 14.2. The van der Waals surface area contributed by atoms with Crippen LogP contribution in [0.3, 0.4) is 0 Å². The van der Waals surface area contributed by atoms with Crippen molar-refractivity contribution < 1.29 is 19.4 Å². The number of amides is 1. The van der Waals surface area contributed by atoms with Crippen LogP contribution in [0.2, 0.25) is 0 Å². The lowest BCUT2D eigenvalue weighted by Crippen LogP contribution is -2.44. The van der Waals surface area contributed by atoms with Crippen molar-refractivity contribution in [2.45, 2.75) is 12.6 Å². The molecule has 1 atom stereocenters. The van der Waals surface area contributed by atoms with Crippen LogP contribution in [0.4, 0.5) is 0 Å². The predicted molar refractivity (Wildman–Crippen MR) is 97.4 cm³/mol. The Labute approximate surface area is 153 Å². The van der Waals surface area contributed by atoms with Crippen LogP contribution in [0, 0.1) is 0 Å². The van der Waals surface area contributed by atoms with Crippen molar-refractivity contribution in [3.63, 3.8) is 0 Å². The average molecular weight is 367 g/mol. The van der Waals surface area contributed by atoms with Gasteiger partial charge in [0, 0.05) is 5.39 Å². The Balaban J connectivity index is 1.71. The van der Waals surface area contributed by atoms with Gasteiger partial charge in [-0.15, -0.1) is 0 Å². The number of aliphatic carboxylic acids is 1. The fourth-order valence-electron chi connectivity index (χ4n) is 2.56. The first-order chi connectivity index (χ1) is 13.1. The SMILES string of the molecule is O=C(N[C@@H](COCc1ccccc1)C(=O)O)c1n[nH]c(=O)c2ccccc12. The Morgan fingerprint density at radius 1 is 1.07 bits per heavy atom. The van der Waals surface area contributed by atoms with Crippen LogP contribution in [0.5, 0.6) is 0 Å². The molecule has 0 unspecified atom stereocenters. The number of hydrogen-bond donors (Lipinski definition) is 3. The summed E-state index contributed by atoms with van der Waals surface area (Å²) in [4.78, 5) is 35.8. The second-order valence-corrected chi connectivity index (χ2v) is 5.81. The molecule has 3 aromatic rings. The highest BCUT2D eigenvalue weighted by molar-refractivity contribution is 6.05. The molecule has 8 heteroatoms. The molecule has 3 N–H and O–H groups in total. The molecule has 1 heterocycles. The molecule has 0 radical (unpaired) electrons. The van der Waals surface area contributed by atoms with Gasteiger partial charge in [-0.25, -0.2) is 9.89 Å². The quantitative estimate of drug-likeness (QED) is 0.579. The Kier molecular flexibility index (Phi) is 5.58. The molecule has 27 heavy (non-hydrogen) atoms. The van der Waals surface area contributed by atoms with E-state index in [9.17, 15) is 19.5 Å². The van der Waals surface area contributed by atoms with Crippen molar-refractivity contribution in [1.29, 1.82) is 0 Å². The standard InChI is InChI=1S/C19H17N3O5/c23-17-14-9-5-4-8-13(14)16(21-22-17)18(24)20-15(19(25)26)11-27-10-12-6-2-1-3-7-12/h1-9,15H,10-11H2,(H,20,24)(H,22,23)(H,25,26)/t15-/m0/s1. The number of carboxylic acids is 1. The highest BCUT2D eigenvalue weighted by Gasteiger charge is 2.23. The summed E-state index contributed by atoms with van der Waals surface area (Å²) in [5.74, 6) is -1.94. The summed E-state index contributed by atoms with van der Waals surface area (Å²) < 4.78 is 5.41. The van der Waals surface area contributed by atoms with Gasteiger partial charge in [-0.3, -0.25) is 9.59 Å². The molecular formula is C19H17N3O5. The number of fused-ring (bicyclic) bond motifs is 1. The molecule has 0 aliphatic rings. The molecule has 0 fully saturated rings. The average Bonchev–Trinajstić information content (AvgIpc) is 2.68. The lowest BCUT2D eigenvalue weighted by Gasteiger charge is -2.15. The Hall–Kier alpha value is -3.52. The van der Waals surface area contributed by atoms with E-state index >= 15 is 0 Å². The van der Waals surface area contributed by atoms with E-state index < -0.39 is 23.5 Å². The molecule has 8 nitrogen and oxygen atoms in total. The van der Waals surface area contributed by atoms with Crippen LogP contribution in [0.15, 0.2) is 59.4 Å². The molecule has 2 aromatic carbocycles. The molecule has 1 amide bonds. The summed E-state index contributed by atoms with van der Waals surface area (Å²) in [5.41, 5.74) is 0.406. The molecular weight excluding hydrogens is 350 g/mol. The number of aromatic amines is 1. The first kappa shape index (κ1) is 18.3. The van der Waals surface area contributed by atoms with Crippen molar-refractivity contribution in [1.82, 2.24) is 15.5 Å². The van der Waals surface area contributed by atoms with E-state index in [0.717, 1.165) is 5.56 Å². The number of carboxylic acid groups (broad SMARTS) is 1. The first-order valence-corrected chi connectivity index (χ1v) is 8.19. The van der Waals surface area contributed by atoms with Crippen LogP contribution < -0.4 is 10.9 Å². The third-order valence-corrected chi connectivity index (χ3v) is 3.91. The molecule has 0 aliphatic heterocycles. The van der Waals surface area contributed by atoms with Crippen molar-refractivity contribution in [3.8, 4) is 0 Å².